The summed E-state index contributed by atoms with van der Waals surface area (Å²) in [6, 6.07) is 9.32. The van der Waals surface area contributed by atoms with E-state index in [2.05, 4.69) is 5.43 Å². The van der Waals surface area contributed by atoms with Gasteiger partial charge in [0.1, 0.15) is 16.7 Å². The molecule has 0 bridgehead atoms. The van der Waals surface area contributed by atoms with Crippen LogP contribution in [0.1, 0.15) is 18.4 Å². The number of carbonyl (C=O) groups is 2. The lowest BCUT2D eigenvalue weighted by atomic mass is 10.0. The van der Waals surface area contributed by atoms with Gasteiger partial charge in [-0.25, -0.2) is 4.39 Å². The van der Waals surface area contributed by atoms with Crippen LogP contribution in [0.2, 0.25) is 0 Å². The monoisotopic (exact) mass is 345 g/mol. The minimum Gasteiger partial charge on any atom is -0.311 e. The zero-order valence-corrected chi connectivity index (χ0v) is 13.6. The molecule has 2 unspecified atom stereocenters. The fraction of sp³-hybridized carbons (Fsp3) is 0.294. The summed E-state index contributed by atoms with van der Waals surface area (Å²) in [5.74, 6) is -0.0261. The molecule has 2 atom stereocenters. The summed E-state index contributed by atoms with van der Waals surface area (Å²) in [7, 11) is 0. The second-order valence-corrected chi connectivity index (χ2v) is 7.25. The predicted octanol–water partition coefficient (Wildman–Crippen LogP) is 2.29. The first kappa shape index (κ1) is 15.3. The molecule has 4 rings (SSSR count). The van der Waals surface area contributed by atoms with Gasteiger partial charge < -0.3 is 4.90 Å². The quantitative estimate of drug-likeness (QED) is 0.929. The Morgan fingerprint density at radius 2 is 1.96 bits per heavy atom. The molecule has 0 aliphatic carbocycles. The smallest absolute Gasteiger partial charge is 0.262 e. The molecule has 3 heterocycles. The van der Waals surface area contributed by atoms with E-state index in [1.54, 1.807) is 45.9 Å². The van der Waals surface area contributed by atoms with Crippen LogP contribution in [0, 0.1) is 5.82 Å². The number of nitrogens with one attached hydrogen (secondary N) is 1. The van der Waals surface area contributed by atoms with E-state index >= 15 is 0 Å². The molecular formula is C17H16FN3O2S. The van der Waals surface area contributed by atoms with Gasteiger partial charge in [-0.1, -0.05) is 12.1 Å². The fourth-order valence-electron chi connectivity index (χ4n) is 3.46. The fourth-order valence-corrected chi connectivity index (χ4v) is 5.11. The maximum absolute atomic E-state index is 13.3. The van der Waals surface area contributed by atoms with Crippen LogP contribution in [-0.2, 0) is 14.5 Å². The van der Waals surface area contributed by atoms with Crippen molar-refractivity contribution in [3.63, 3.8) is 0 Å². The Morgan fingerprint density at radius 1 is 1.25 bits per heavy atom. The van der Waals surface area contributed by atoms with Gasteiger partial charge in [-0.3, -0.25) is 19.7 Å². The molecule has 7 heteroatoms. The van der Waals surface area contributed by atoms with Gasteiger partial charge in [-0.2, -0.15) is 0 Å². The molecule has 0 saturated carbocycles. The molecule has 1 aromatic carbocycles. The van der Waals surface area contributed by atoms with Crippen LogP contribution in [0.3, 0.4) is 0 Å². The van der Waals surface area contributed by atoms with Crippen molar-refractivity contribution in [3.8, 4) is 0 Å². The highest BCUT2D eigenvalue weighted by Crippen LogP contribution is 2.54. The van der Waals surface area contributed by atoms with Crippen molar-refractivity contribution in [1.82, 2.24) is 9.58 Å². The average Bonchev–Trinajstić information content (AvgIpc) is 3.27. The third kappa shape index (κ3) is 2.31. The summed E-state index contributed by atoms with van der Waals surface area (Å²) in [5, 5.41) is 0. The van der Waals surface area contributed by atoms with Crippen LogP contribution in [0.5, 0.6) is 0 Å². The van der Waals surface area contributed by atoms with Crippen molar-refractivity contribution in [2.75, 3.05) is 11.2 Å². The molecule has 2 amide bonds. The minimum atomic E-state index is -0.566. The third-order valence-corrected chi connectivity index (χ3v) is 6.17. The van der Waals surface area contributed by atoms with Gasteiger partial charge in [0.15, 0.2) is 0 Å². The molecule has 2 aliphatic rings. The Kier molecular flexibility index (Phi) is 3.60. The number of benzene rings is 1. The second kappa shape index (κ2) is 5.66. The summed E-state index contributed by atoms with van der Waals surface area (Å²) in [4.78, 5) is 26.2. The van der Waals surface area contributed by atoms with E-state index < -0.39 is 10.9 Å². The van der Waals surface area contributed by atoms with E-state index in [0.29, 0.717) is 18.6 Å². The van der Waals surface area contributed by atoms with Crippen molar-refractivity contribution in [3.05, 3.63) is 60.2 Å². The SMILES string of the molecule is O=C(Nn1cccc1)C1CSC2(c3ccc(F)cc3)CCC(=O)N12. The zero-order valence-electron chi connectivity index (χ0n) is 12.8. The van der Waals surface area contributed by atoms with Crippen LogP contribution in [0.25, 0.3) is 0 Å². The maximum Gasteiger partial charge on any atom is 0.262 e. The molecular weight excluding hydrogens is 329 g/mol. The minimum absolute atomic E-state index is 0.0306. The molecule has 2 aliphatic heterocycles. The molecule has 2 aromatic rings. The Bertz CT molecular complexity index is 778. The Morgan fingerprint density at radius 3 is 2.67 bits per heavy atom. The standard InChI is InChI=1S/C17H16FN3O2S/c18-13-5-3-12(4-6-13)17-8-7-15(22)21(17)14(11-24-17)16(23)19-20-9-1-2-10-20/h1-6,9-10,14H,7-8,11H2,(H,19,23). The summed E-state index contributed by atoms with van der Waals surface area (Å²) in [5.41, 5.74) is 3.66. The van der Waals surface area contributed by atoms with E-state index in [4.69, 9.17) is 0 Å². The number of nitrogens with zero attached hydrogens (tertiary/aromatic N) is 2. The first-order valence-corrected chi connectivity index (χ1v) is 8.75. The van der Waals surface area contributed by atoms with Crippen LogP contribution >= 0.6 is 11.8 Å². The lowest BCUT2D eigenvalue weighted by Crippen LogP contribution is -2.49. The molecule has 2 fully saturated rings. The van der Waals surface area contributed by atoms with Crippen LogP contribution < -0.4 is 5.43 Å². The Balaban J connectivity index is 1.64. The largest absolute Gasteiger partial charge is 0.311 e. The summed E-state index contributed by atoms with van der Waals surface area (Å²) in [6.07, 6.45) is 4.51. The molecule has 0 spiro atoms. The first-order chi connectivity index (χ1) is 11.6. The highest BCUT2D eigenvalue weighted by atomic mass is 32.2. The molecule has 1 N–H and O–H groups in total. The molecule has 124 valence electrons. The maximum atomic E-state index is 13.3. The van der Waals surface area contributed by atoms with Crippen molar-refractivity contribution in [2.45, 2.75) is 23.8 Å². The third-order valence-electron chi connectivity index (χ3n) is 4.57. The zero-order chi connectivity index (χ0) is 16.7. The van der Waals surface area contributed by atoms with Gasteiger partial charge in [0, 0.05) is 24.6 Å². The number of fused-ring (bicyclic) bond motifs is 1. The Labute approximate surface area is 142 Å². The lowest BCUT2D eigenvalue weighted by Gasteiger charge is -2.34. The van der Waals surface area contributed by atoms with Crippen molar-refractivity contribution in [1.29, 1.82) is 0 Å². The highest BCUT2D eigenvalue weighted by Gasteiger charge is 2.56. The summed E-state index contributed by atoms with van der Waals surface area (Å²) >= 11 is 1.58. The number of hydrogen-bond acceptors (Lipinski definition) is 3. The van der Waals surface area contributed by atoms with Gasteiger partial charge in [0.2, 0.25) is 5.91 Å². The number of amides is 2. The van der Waals surface area contributed by atoms with Gasteiger partial charge in [-0.05, 0) is 36.2 Å². The number of thioether (sulfide) groups is 1. The topological polar surface area (TPSA) is 54.3 Å². The number of carbonyl (C=O) groups excluding carboxylic acids is 2. The molecule has 5 nitrogen and oxygen atoms in total. The molecule has 24 heavy (non-hydrogen) atoms. The molecule has 1 aromatic heterocycles. The van der Waals surface area contributed by atoms with E-state index in [0.717, 1.165) is 5.56 Å². The van der Waals surface area contributed by atoms with Gasteiger partial charge in [0.05, 0.1) is 0 Å². The van der Waals surface area contributed by atoms with E-state index in [9.17, 15) is 14.0 Å². The predicted molar refractivity (Wildman–Crippen MR) is 89.2 cm³/mol. The summed E-state index contributed by atoms with van der Waals surface area (Å²) < 4.78 is 14.8. The number of hydrogen-bond donors (Lipinski definition) is 1. The molecule has 2 saturated heterocycles. The van der Waals surface area contributed by atoms with Crippen molar-refractivity contribution in [2.24, 2.45) is 0 Å². The number of rotatable bonds is 3. The average molecular weight is 345 g/mol. The first-order valence-electron chi connectivity index (χ1n) is 7.76. The van der Waals surface area contributed by atoms with Gasteiger partial charge in [-0.15, -0.1) is 11.8 Å². The molecule has 0 radical (unpaired) electrons. The lowest BCUT2D eigenvalue weighted by molar-refractivity contribution is -0.136. The second-order valence-electron chi connectivity index (χ2n) is 5.95. The Hall–Kier alpha value is -2.28. The van der Waals surface area contributed by atoms with Crippen molar-refractivity contribution >= 4 is 23.6 Å². The number of halogens is 1. The van der Waals surface area contributed by atoms with Crippen molar-refractivity contribution < 1.29 is 14.0 Å². The van der Waals surface area contributed by atoms with E-state index in [1.165, 1.54) is 12.1 Å². The van der Waals surface area contributed by atoms with Gasteiger partial charge >= 0.3 is 0 Å². The van der Waals surface area contributed by atoms with Crippen LogP contribution in [0.15, 0.2) is 48.8 Å². The number of aromatic nitrogens is 1. The van der Waals surface area contributed by atoms with Crippen LogP contribution in [-0.4, -0.2) is 33.2 Å². The van der Waals surface area contributed by atoms with E-state index in [-0.39, 0.29) is 17.6 Å². The van der Waals surface area contributed by atoms with Crippen LogP contribution in [0.4, 0.5) is 4.39 Å². The highest BCUT2D eigenvalue weighted by molar-refractivity contribution is 8.00. The normalized spacial score (nSPS) is 25.8. The van der Waals surface area contributed by atoms with Gasteiger partial charge in [0.25, 0.3) is 5.91 Å². The van der Waals surface area contributed by atoms with E-state index in [1.807, 2.05) is 12.1 Å². The summed E-state index contributed by atoms with van der Waals surface area (Å²) in [6.45, 7) is 0.